The van der Waals surface area contributed by atoms with Gasteiger partial charge in [0.15, 0.2) is 5.60 Å². The fraction of sp³-hybridized carbons (Fsp3) is 0.649. The lowest BCUT2D eigenvalue weighted by Gasteiger charge is -2.44. The molecule has 13 nitrogen and oxygen atoms in total. The Kier molecular flexibility index (Phi) is 12.1. The maximum absolute atomic E-state index is 13.8. The van der Waals surface area contributed by atoms with Gasteiger partial charge < -0.3 is 19.1 Å². The summed E-state index contributed by atoms with van der Waals surface area (Å²) >= 11 is 1.56. The number of thiazole rings is 1. The molecule has 2 radical (unpaired) electrons. The molecule has 4 heterocycles. The Labute approximate surface area is 311 Å². The standard InChI is InChI=1S/C37H51BN6O7S/c1-9-31-37(7)32(24(4)44(25(5)45)20-22(2)19-36(6,49-8)30(38)18-28(46)23(3)34(47)50-31)43(35(48)51-37)17-13-12-16-42-21-27(40-41-42)33-39-26-14-10-11-15-29(26)52-33/h10-11,14-15,21-24,30-32H,9,12-13,16-20H2,1-8H3/t22-,23-,24-,30-,31-,32-,36+,37-/m1/s1. The molecule has 280 valence electrons. The number of rotatable bonds is 8. The predicted octanol–water partition coefficient (Wildman–Crippen LogP) is 5.47. The highest BCUT2D eigenvalue weighted by atomic mass is 32.1. The third kappa shape index (κ3) is 8.05. The van der Waals surface area contributed by atoms with Crippen LogP contribution >= 0.6 is 11.3 Å². The van der Waals surface area contributed by atoms with Crippen LogP contribution in [0.2, 0.25) is 5.82 Å². The highest BCUT2D eigenvalue weighted by Gasteiger charge is 2.59. The molecule has 2 saturated heterocycles. The van der Waals surface area contributed by atoms with Crippen molar-refractivity contribution in [1.82, 2.24) is 29.8 Å². The SMILES string of the molecule is [B][C@@H]1CC(=O)[C@@H](C)C(=O)O[C@H](CC)[C@@]2(C)OC(=O)N(CCCCn3cc(-c4nc5ccccc5s4)nn3)[C@@H]2[C@@H](C)N(C(C)=O)C[C@H](C)C[C@]1(C)OC. The van der Waals surface area contributed by atoms with E-state index in [1.807, 2.05) is 58.2 Å². The fourth-order valence-electron chi connectivity index (χ4n) is 7.82. The molecule has 2 aliphatic heterocycles. The Bertz CT molecular complexity index is 1740. The van der Waals surface area contributed by atoms with Crippen LogP contribution in [-0.2, 0) is 35.1 Å². The molecular weight excluding hydrogens is 683 g/mol. The number of hydrogen-bond donors (Lipinski definition) is 0. The molecule has 0 aliphatic carbocycles. The van der Waals surface area contributed by atoms with Gasteiger partial charge in [-0.1, -0.05) is 31.2 Å². The van der Waals surface area contributed by atoms with Crippen molar-refractivity contribution in [3.05, 3.63) is 30.5 Å². The number of benzene rings is 1. The van der Waals surface area contributed by atoms with Crippen molar-refractivity contribution in [2.45, 2.75) is 122 Å². The van der Waals surface area contributed by atoms with E-state index in [1.165, 1.54) is 13.8 Å². The summed E-state index contributed by atoms with van der Waals surface area (Å²) in [7, 11) is 8.10. The topological polar surface area (TPSA) is 146 Å². The van der Waals surface area contributed by atoms with E-state index in [0.29, 0.717) is 51.0 Å². The van der Waals surface area contributed by atoms with Gasteiger partial charge >= 0.3 is 12.1 Å². The van der Waals surface area contributed by atoms with Crippen molar-refractivity contribution in [2.75, 3.05) is 20.2 Å². The molecular formula is C37H51BN6O7S. The number of fused-ring (bicyclic) bond motifs is 2. The molecule has 5 rings (SSSR count). The third-order valence-corrected chi connectivity index (χ3v) is 12.0. The molecule has 2 amide bonds. The number of nitrogens with zero attached hydrogens (tertiary/aromatic N) is 6. The van der Waals surface area contributed by atoms with Gasteiger partial charge in [0.25, 0.3) is 0 Å². The van der Waals surface area contributed by atoms with Gasteiger partial charge in [-0.05, 0) is 77.2 Å². The van der Waals surface area contributed by atoms with E-state index in [1.54, 1.807) is 39.9 Å². The molecule has 15 heteroatoms. The van der Waals surface area contributed by atoms with E-state index in [9.17, 15) is 19.2 Å². The Morgan fingerprint density at radius 3 is 2.50 bits per heavy atom. The van der Waals surface area contributed by atoms with Crippen molar-refractivity contribution in [3.63, 3.8) is 0 Å². The molecule has 8 atom stereocenters. The lowest BCUT2D eigenvalue weighted by molar-refractivity contribution is -0.171. The lowest BCUT2D eigenvalue weighted by atomic mass is 9.67. The maximum Gasteiger partial charge on any atom is 0.410 e. The zero-order valence-corrected chi connectivity index (χ0v) is 32.4. The number of cyclic esters (lactones) is 1. The van der Waals surface area contributed by atoms with E-state index in [-0.39, 0.29) is 24.0 Å². The number of ketones is 1. The largest absolute Gasteiger partial charge is 0.458 e. The van der Waals surface area contributed by atoms with E-state index in [4.69, 9.17) is 22.1 Å². The molecule has 3 aromatic rings. The zero-order chi connectivity index (χ0) is 38.0. The summed E-state index contributed by atoms with van der Waals surface area (Å²) < 4.78 is 20.9. The Balaban J connectivity index is 1.38. The van der Waals surface area contributed by atoms with Crippen molar-refractivity contribution in [1.29, 1.82) is 0 Å². The number of carbonyl (C=O) groups excluding carboxylic acids is 4. The second-order valence-corrected chi connectivity index (χ2v) is 15.9. The molecule has 1 aromatic carbocycles. The summed E-state index contributed by atoms with van der Waals surface area (Å²) in [6.45, 7) is 13.6. The first-order chi connectivity index (χ1) is 24.6. The smallest absolute Gasteiger partial charge is 0.410 e. The molecule has 0 bridgehead atoms. The number of esters is 1. The van der Waals surface area contributed by atoms with Crippen LogP contribution < -0.4 is 0 Å². The number of aryl methyl sites for hydroxylation is 1. The third-order valence-electron chi connectivity index (χ3n) is 10.9. The number of hydrogen-bond acceptors (Lipinski definition) is 11. The van der Waals surface area contributed by atoms with E-state index >= 15 is 0 Å². The van der Waals surface area contributed by atoms with Crippen molar-refractivity contribution in [3.8, 4) is 10.7 Å². The van der Waals surface area contributed by atoms with Crippen LogP contribution in [0.3, 0.4) is 0 Å². The zero-order valence-electron chi connectivity index (χ0n) is 31.5. The van der Waals surface area contributed by atoms with Crippen LogP contribution in [0, 0.1) is 11.8 Å². The van der Waals surface area contributed by atoms with E-state index in [2.05, 4.69) is 15.3 Å². The predicted molar refractivity (Wildman–Crippen MR) is 198 cm³/mol. The van der Waals surface area contributed by atoms with Gasteiger partial charge in [0, 0.05) is 40.1 Å². The molecule has 2 aromatic heterocycles. The summed E-state index contributed by atoms with van der Waals surface area (Å²) in [4.78, 5) is 62.1. The first-order valence-electron chi connectivity index (χ1n) is 18.2. The monoisotopic (exact) mass is 734 g/mol. The maximum atomic E-state index is 13.8. The highest BCUT2D eigenvalue weighted by molar-refractivity contribution is 7.21. The minimum absolute atomic E-state index is 0.0858. The average molecular weight is 735 g/mol. The van der Waals surface area contributed by atoms with Crippen LogP contribution in [0.4, 0.5) is 4.79 Å². The molecule has 2 fully saturated rings. The minimum Gasteiger partial charge on any atom is -0.458 e. The van der Waals surface area contributed by atoms with Gasteiger partial charge in [0.1, 0.15) is 28.5 Å². The van der Waals surface area contributed by atoms with Gasteiger partial charge in [-0.3, -0.25) is 24.0 Å². The number of carbonyl (C=O) groups is 4. The molecule has 0 N–H and O–H groups in total. The molecule has 52 heavy (non-hydrogen) atoms. The molecule has 0 saturated carbocycles. The van der Waals surface area contributed by atoms with Crippen LogP contribution in [-0.4, -0.2) is 111 Å². The number of methoxy groups -OCH3 is 1. The fourth-order valence-corrected chi connectivity index (χ4v) is 8.73. The van der Waals surface area contributed by atoms with Crippen LogP contribution in [0.15, 0.2) is 30.5 Å². The normalized spacial score (nSPS) is 30.8. The van der Waals surface area contributed by atoms with Crippen molar-refractivity contribution in [2.24, 2.45) is 11.8 Å². The van der Waals surface area contributed by atoms with Crippen LogP contribution in [0.5, 0.6) is 0 Å². The van der Waals surface area contributed by atoms with Gasteiger partial charge in [0.2, 0.25) is 5.91 Å². The second-order valence-electron chi connectivity index (χ2n) is 14.8. The number of ether oxygens (including phenoxy) is 3. The highest BCUT2D eigenvalue weighted by Crippen LogP contribution is 2.41. The summed E-state index contributed by atoms with van der Waals surface area (Å²) in [5.41, 5.74) is -0.603. The average Bonchev–Trinajstić information content (AvgIpc) is 3.82. The molecule has 2 aliphatic rings. The minimum atomic E-state index is -1.32. The summed E-state index contributed by atoms with van der Waals surface area (Å²) in [5.74, 6) is -3.11. The number of unbranched alkanes of at least 4 members (excludes halogenated alkanes) is 1. The Morgan fingerprint density at radius 1 is 1.12 bits per heavy atom. The van der Waals surface area contributed by atoms with Crippen LogP contribution in [0.1, 0.15) is 80.6 Å². The van der Waals surface area contributed by atoms with Crippen molar-refractivity contribution >= 4 is 53.2 Å². The summed E-state index contributed by atoms with van der Waals surface area (Å²) in [5, 5.41) is 9.44. The Morgan fingerprint density at radius 2 is 1.83 bits per heavy atom. The number of amides is 2. The van der Waals surface area contributed by atoms with E-state index in [0.717, 1.165) is 15.2 Å². The first-order valence-corrected chi connectivity index (χ1v) is 19.0. The van der Waals surface area contributed by atoms with E-state index < -0.39 is 53.2 Å². The second kappa shape index (κ2) is 16.0. The number of Topliss-reactive ketones (excluding diaryl/α,β-unsaturated/α-hetero) is 1. The number of aromatic nitrogens is 4. The quantitative estimate of drug-likeness (QED) is 0.126. The summed E-state index contributed by atoms with van der Waals surface area (Å²) in [6.07, 6.45) is 2.41. The van der Waals surface area contributed by atoms with Gasteiger partial charge in [-0.15, -0.1) is 16.4 Å². The number of para-hydroxylation sites is 1. The van der Waals surface area contributed by atoms with Gasteiger partial charge in [0.05, 0.1) is 41.9 Å². The Hall–Kier alpha value is -3.85. The van der Waals surface area contributed by atoms with Crippen LogP contribution in [0.25, 0.3) is 20.9 Å². The van der Waals surface area contributed by atoms with Gasteiger partial charge in [-0.25, -0.2) is 9.78 Å². The first kappa shape index (κ1) is 39.4. The lowest BCUT2D eigenvalue weighted by Crippen LogP contribution is -2.62. The summed E-state index contributed by atoms with van der Waals surface area (Å²) in [6, 6.07) is 6.74. The van der Waals surface area contributed by atoms with Gasteiger partial charge in [-0.2, -0.15) is 0 Å². The molecule has 0 unspecified atom stereocenters. The van der Waals surface area contributed by atoms with Crippen molar-refractivity contribution < 1.29 is 33.4 Å². The molecule has 0 spiro atoms.